The fraction of sp³-hybridized carbons (Fsp3) is 0.143. The minimum absolute atomic E-state index is 0.114. The Hall–Kier alpha value is -2.67. The van der Waals surface area contributed by atoms with Crippen molar-refractivity contribution < 1.29 is 15.0 Å². The first kappa shape index (κ1) is 15.7. The number of non-ortho nitro benzene ring substituents is 1. The summed E-state index contributed by atoms with van der Waals surface area (Å²) in [4.78, 5) is 20.3. The number of rotatable bonds is 4. The molecule has 2 aromatic carbocycles. The van der Waals surface area contributed by atoms with Gasteiger partial charge in [-0.3, -0.25) is 20.2 Å². The number of hydrogen-bond donors (Lipinski definition) is 1. The molecule has 1 N–H and O–H groups in total. The molecule has 0 aliphatic heterocycles. The van der Waals surface area contributed by atoms with E-state index in [-0.39, 0.29) is 5.56 Å². The third-order valence-corrected chi connectivity index (χ3v) is 3.60. The molecule has 0 heterocycles. The second kappa shape index (κ2) is 5.98. The van der Waals surface area contributed by atoms with E-state index in [0.29, 0.717) is 5.02 Å². The highest BCUT2D eigenvalue weighted by Gasteiger charge is 2.26. The first-order valence-electron chi connectivity index (χ1n) is 6.22. The standard InChI is InChI=1S/C14H11ClN2O5/c1-8(9-2-4-10(15)5-3-9)12-6-11(16(19)20)7-13(14(12)18)17(21)22/h2-8,18H,1H3. The molecule has 2 rings (SSSR count). The van der Waals surface area contributed by atoms with Crippen molar-refractivity contribution in [2.24, 2.45) is 0 Å². The van der Waals surface area contributed by atoms with Gasteiger partial charge in [-0.2, -0.15) is 0 Å². The monoisotopic (exact) mass is 322 g/mol. The number of nitro benzene ring substituents is 2. The SMILES string of the molecule is CC(c1ccc(Cl)cc1)c1cc([N+](=O)[O-])cc([N+](=O)[O-])c1O. The minimum Gasteiger partial charge on any atom is -0.502 e. The van der Waals surface area contributed by atoms with E-state index >= 15 is 0 Å². The predicted octanol–water partition coefficient (Wildman–Crippen LogP) is 4.01. The number of nitrogens with zero attached hydrogens (tertiary/aromatic N) is 2. The van der Waals surface area contributed by atoms with E-state index in [2.05, 4.69) is 0 Å². The summed E-state index contributed by atoms with van der Waals surface area (Å²) in [5.41, 5.74) is -0.303. The van der Waals surface area contributed by atoms with Gasteiger partial charge in [-0.05, 0) is 17.7 Å². The maximum atomic E-state index is 11.0. The van der Waals surface area contributed by atoms with Crippen LogP contribution in [0.5, 0.6) is 5.75 Å². The summed E-state index contributed by atoms with van der Waals surface area (Å²) >= 11 is 5.80. The van der Waals surface area contributed by atoms with E-state index in [0.717, 1.165) is 17.7 Å². The van der Waals surface area contributed by atoms with Gasteiger partial charge in [-0.1, -0.05) is 30.7 Å². The Balaban J connectivity index is 2.60. The van der Waals surface area contributed by atoms with E-state index in [1.807, 2.05) is 0 Å². The van der Waals surface area contributed by atoms with Crippen molar-refractivity contribution in [1.29, 1.82) is 0 Å². The molecule has 0 spiro atoms. The first-order valence-corrected chi connectivity index (χ1v) is 6.60. The maximum absolute atomic E-state index is 11.0. The molecule has 22 heavy (non-hydrogen) atoms. The third kappa shape index (κ3) is 2.99. The van der Waals surface area contributed by atoms with E-state index in [9.17, 15) is 25.3 Å². The van der Waals surface area contributed by atoms with Crippen LogP contribution in [0.25, 0.3) is 0 Å². The van der Waals surface area contributed by atoms with Crippen LogP contribution in [0, 0.1) is 20.2 Å². The Morgan fingerprint density at radius 2 is 1.68 bits per heavy atom. The molecule has 0 amide bonds. The van der Waals surface area contributed by atoms with E-state index in [1.165, 1.54) is 0 Å². The number of benzene rings is 2. The van der Waals surface area contributed by atoms with Crippen LogP contribution in [0.2, 0.25) is 5.02 Å². The molecule has 0 radical (unpaired) electrons. The fourth-order valence-electron chi connectivity index (χ4n) is 2.13. The summed E-state index contributed by atoms with van der Waals surface area (Å²) in [6.45, 7) is 1.69. The van der Waals surface area contributed by atoms with Gasteiger partial charge in [-0.25, -0.2) is 0 Å². The Bertz CT molecular complexity index is 746. The Labute approximate surface area is 130 Å². The molecular formula is C14H11ClN2O5. The van der Waals surface area contributed by atoms with Crippen molar-refractivity contribution in [3.05, 3.63) is 72.8 Å². The van der Waals surface area contributed by atoms with Gasteiger partial charge in [0.2, 0.25) is 0 Å². The van der Waals surface area contributed by atoms with Crippen molar-refractivity contribution in [2.45, 2.75) is 12.8 Å². The first-order chi connectivity index (χ1) is 10.3. The highest BCUT2D eigenvalue weighted by Crippen LogP contribution is 2.40. The molecule has 1 atom stereocenters. The smallest absolute Gasteiger partial charge is 0.317 e. The zero-order chi connectivity index (χ0) is 16.4. The van der Waals surface area contributed by atoms with Crippen LogP contribution in [0.1, 0.15) is 24.0 Å². The van der Waals surface area contributed by atoms with Crippen molar-refractivity contribution in [1.82, 2.24) is 0 Å². The van der Waals surface area contributed by atoms with E-state index in [4.69, 9.17) is 11.6 Å². The molecule has 2 aromatic rings. The molecule has 1 unspecified atom stereocenters. The van der Waals surface area contributed by atoms with Gasteiger partial charge in [0.05, 0.1) is 15.9 Å². The quantitative estimate of drug-likeness (QED) is 0.676. The zero-order valence-electron chi connectivity index (χ0n) is 11.4. The minimum atomic E-state index is -0.847. The van der Waals surface area contributed by atoms with Crippen molar-refractivity contribution in [3.63, 3.8) is 0 Å². The van der Waals surface area contributed by atoms with Crippen molar-refractivity contribution in [3.8, 4) is 5.75 Å². The molecule has 0 fully saturated rings. The van der Waals surface area contributed by atoms with E-state index < -0.39 is 32.9 Å². The molecule has 0 saturated carbocycles. The van der Waals surface area contributed by atoms with Crippen LogP contribution in [-0.4, -0.2) is 15.0 Å². The summed E-state index contributed by atoms with van der Waals surface area (Å²) < 4.78 is 0. The second-order valence-electron chi connectivity index (χ2n) is 4.69. The van der Waals surface area contributed by atoms with Gasteiger partial charge >= 0.3 is 5.69 Å². The van der Waals surface area contributed by atoms with Crippen LogP contribution < -0.4 is 0 Å². The summed E-state index contributed by atoms with van der Waals surface area (Å²) in [6.07, 6.45) is 0. The predicted molar refractivity (Wildman–Crippen MR) is 80.4 cm³/mol. The molecule has 8 heteroatoms. The third-order valence-electron chi connectivity index (χ3n) is 3.35. The number of aromatic hydroxyl groups is 1. The second-order valence-corrected chi connectivity index (χ2v) is 5.13. The highest BCUT2D eigenvalue weighted by atomic mass is 35.5. The average molecular weight is 323 g/mol. The topological polar surface area (TPSA) is 107 Å². The molecule has 0 saturated heterocycles. The van der Waals surface area contributed by atoms with Gasteiger partial charge in [0, 0.05) is 22.6 Å². The zero-order valence-corrected chi connectivity index (χ0v) is 12.1. The normalized spacial score (nSPS) is 11.9. The summed E-state index contributed by atoms with van der Waals surface area (Å²) in [5, 5.41) is 32.5. The number of phenols is 1. The summed E-state index contributed by atoms with van der Waals surface area (Å²) in [6, 6.07) is 8.54. The summed E-state index contributed by atoms with van der Waals surface area (Å²) in [7, 11) is 0. The lowest BCUT2D eigenvalue weighted by Gasteiger charge is -2.14. The van der Waals surface area contributed by atoms with Gasteiger partial charge in [-0.15, -0.1) is 0 Å². The number of hydrogen-bond acceptors (Lipinski definition) is 5. The molecular weight excluding hydrogens is 312 g/mol. The molecule has 0 aliphatic rings. The molecule has 7 nitrogen and oxygen atoms in total. The Kier molecular flexibility index (Phi) is 4.27. The van der Waals surface area contributed by atoms with Crippen LogP contribution in [0.4, 0.5) is 11.4 Å². The summed E-state index contributed by atoms with van der Waals surface area (Å²) in [5.74, 6) is -1.05. The van der Waals surface area contributed by atoms with Crippen LogP contribution in [0.3, 0.4) is 0 Å². The largest absolute Gasteiger partial charge is 0.502 e. The maximum Gasteiger partial charge on any atom is 0.317 e. The number of halogens is 1. The van der Waals surface area contributed by atoms with Crippen LogP contribution in [-0.2, 0) is 0 Å². The van der Waals surface area contributed by atoms with Crippen LogP contribution in [0.15, 0.2) is 36.4 Å². The molecule has 0 bridgehead atoms. The average Bonchev–Trinajstić information content (AvgIpc) is 2.47. The lowest BCUT2D eigenvalue weighted by Crippen LogP contribution is -2.01. The van der Waals surface area contributed by atoms with Crippen molar-refractivity contribution >= 4 is 23.0 Å². The lowest BCUT2D eigenvalue weighted by molar-refractivity contribution is -0.394. The van der Waals surface area contributed by atoms with E-state index in [1.54, 1.807) is 31.2 Å². The molecule has 114 valence electrons. The van der Waals surface area contributed by atoms with Crippen LogP contribution >= 0.6 is 11.6 Å². The molecule has 0 aromatic heterocycles. The fourth-order valence-corrected chi connectivity index (χ4v) is 2.26. The van der Waals surface area contributed by atoms with Gasteiger partial charge in [0.25, 0.3) is 5.69 Å². The number of nitro groups is 2. The Morgan fingerprint density at radius 3 is 2.18 bits per heavy atom. The molecule has 0 aliphatic carbocycles. The van der Waals surface area contributed by atoms with Gasteiger partial charge < -0.3 is 5.11 Å². The van der Waals surface area contributed by atoms with Crippen molar-refractivity contribution in [2.75, 3.05) is 0 Å². The highest BCUT2D eigenvalue weighted by molar-refractivity contribution is 6.30. The van der Waals surface area contributed by atoms with Gasteiger partial charge in [0.15, 0.2) is 5.75 Å². The lowest BCUT2D eigenvalue weighted by atomic mass is 9.91. The van der Waals surface area contributed by atoms with Gasteiger partial charge in [0.1, 0.15) is 0 Å². The Morgan fingerprint density at radius 1 is 1.09 bits per heavy atom. The number of phenolic OH excluding ortho intramolecular Hbond substituents is 1.